The Kier molecular flexibility index (Phi) is 2.59. The minimum absolute atomic E-state index is 0.957. The highest BCUT2D eigenvalue weighted by molar-refractivity contribution is 6.83. The second-order valence-electron chi connectivity index (χ2n) is 7.73. The molecule has 0 aromatic heterocycles. The fourth-order valence-electron chi connectivity index (χ4n) is 4.18. The van der Waals surface area contributed by atoms with Crippen molar-refractivity contribution in [3.8, 4) is 0 Å². The lowest BCUT2D eigenvalue weighted by atomic mass is 10.1. The molecule has 0 unspecified atom stereocenters. The summed E-state index contributed by atoms with van der Waals surface area (Å²) in [6.07, 6.45) is 6.58. The molecule has 0 aromatic rings. The van der Waals surface area contributed by atoms with Gasteiger partial charge in [-0.25, -0.2) is 0 Å². The number of allylic oxidation sites excluding steroid dienone is 2. The molecule has 2 bridgehead atoms. The molecule has 0 aromatic carbocycles. The summed E-state index contributed by atoms with van der Waals surface area (Å²) in [5, 5.41) is 0. The summed E-state index contributed by atoms with van der Waals surface area (Å²) in [7, 11) is -1.93. The third kappa shape index (κ3) is 1.91. The Morgan fingerprint density at radius 3 is 1.33 bits per heavy atom. The van der Waals surface area contributed by atoms with E-state index in [9.17, 15) is 0 Å². The summed E-state index contributed by atoms with van der Waals surface area (Å²) < 4.78 is 0. The molecule has 0 amide bonds. The highest BCUT2D eigenvalue weighted by Crippen LogP contribution is 2.62. The second kappa shape index (κ2) is 3.33. The summed E-state index contributed by atoms with van der Waals surface area (Å²) in [4.78, 5) is 0. The SMILES string of the molecule is C[Si](C)(C)[C@H]1[C@H]([Si](C)(C)C)[C@H]2C=C[C@@H]1C2. The molecule has 0 N–H and O–H groups in total. The van der Waals surface area contributed by atoms with Gasteiger partial charge in [-0.2, -0.15) is 0 Å². The summed E-state index contributed by atoms with van der Waals surface area (Å²) in [5.74, 6) is 1.91. The molecule has 0 heterocycles. The van der Waals surface area contributed by atoms with Crippen molar-refractivity contribution in [3.63, 3.8) is 0 Å². The predicted octanol–water partition coefficient (Wildman–Crippen LogP) is 4.61. The van der Waals surface area contributed by atoms with Crippen LogP contribution in [0.15, 0.2) is 12.2 Å². The van der Waals surface area contributed by atoms with Crippen molar-refractivity contribution in [2.24, 2.45) is 11.8 Å². The van der Waals surface area contributed by atoms with Gasteiger partial charge in [0.25, 0.3) is 0 Å². The Morgan fingerprint density at radius 1 is 0.733 bits per heavy atom. The van der Waals surface area contributed by atoms with E-state index in [4.69, 9.17) is 0 Å². The van der Waals surface area contributed by atoms with Crippen molar-refractivity contribution in [1.82, 2.24) is 0 Å². The molecule has 86 valence electrons. The van der Waals surface area contributed by atoms with Crippen LogP contribution in [0.2, 0.25) is 50.4 Å². The number of fused-ring (bicyclic) bond motifs is 2. The lowest BCUT2D eigenvalue weighted by molar-refractivity contribution is 0.657. The highest BCUT2D eigenvalue weighted by Gasteiger charge is 2.53. The van der Waals surface area contributed by atoms with Gasteiger partial charge in [-0.3, -0.25) is 0 Å². The zero-order valence-corrected chi connectivity index (χ0v) is 13.2. The van der Waals surface area contributed by atoms with Crippen LogP contribution in [0, 0.1) is 11.8 Å². The molecule has 15 heavy (non-hydrogen) atoms. The van der Waals surface area contributed by atoms with Crippen LogP contribution in [0.4, 0.5) is 0 Å². The van der Waals surface area contributed by atoms with Crippen LogP contribution < -0.4 is 0 Å². The smallest absolute Gasteiger partial charge is 0.0479 e. The van der Waals surface area contributed by atoms with Crippen molar-refractivity contribution in [2.45, 2.75) is 56.8 Å². The molecule has 2 aliphatic rings. The zero-order chi connectivity index (χ0) is 11.4. The minimum atomic E-state index is -0.967. The maximum Gasteiger partial charge on any atom is 0.0479 e. The summed E-state index contributed by atoms with van der Waals surface area (Å²) in [6, 6.07) is 0. The maximum absolute atomic E-state index is 2.58. The minimum Gasteiger partial charge on any atom is -0.0851 e. The van der Waals surface area contributed by atoms with E-state index < -0.39 is 16.1 Å². The standard InChI is InChI=1S/C13H26Si2/c1-14(2,3)12-10-7-8-11(9-10)13(12)15(4,5)6/h7-8,10-13H,9H2,1-6H3/t10-,11+,12-,13-/m1/s1. The van der Waals surface area contributed by atoms with Crippen molar-refractivity contribution < 1.29 is 0 Å². The molecular weight excluding hydrogens is 212 g/mol. The van der Waals surface area contributed by atoms with Gasteiger partial charge in [-0.1, -0.05) is 51.4 Å². The normalized spacial score (nSPS) is 40.1. The van der Waals surface area contributed by atoms with Crippen LogP contribution in [-0.4, -0.2) is 16.1 Å². The molecule has 0 spiro atoms. The number of hydrogen-bond donors (Lipinski definition) is 0. The first-order chi connectivity index (χ1) is 6.71. The summed E-state index contributed by atoms with van der Waals surface area (Å²) >= 11 is 0. The van der Waals surface area contributed by atoms with E-state index in [0.717, 1.165) is 22.9 Å². The van der Waals surface area contributed by atoms with Crippen LogP contribution in [-0.2, 0) is 0 Å². The molecule has 0 nitrogen and oxygen atoms in total. The van der Waals surface area contributed by atoms with E-state index in [1.54, 1.807) is 0 Å². The third-order valence-corrected chi connectivity index (χ3v) is 10.4. The van der Waals surface area contributed by atoms with E-state index in [0.29, 0.717) is 0 Å². The van der Waals surface area contributed by atoms with Gasteiger partial charge in [-0.05, 0) is 29.3 Å². The van der Waals surface area contributed by atoms with E-state index in [-0.39, 0.29) is 0 Å². The molecule has 1 fully saturated rings. The lowest BCUT2D eigenvalue weighted by Crippen LogP contribution is -2.42. The van der Waals surface area contributed by atoms with Crippen LogP contribution in [0.3, 0.4) is 0 Å². The average molecular weight is 239 g/mol. The van der Waals surface area contributed by atoms with Gasteiger partial charge in [0.05, 0.1) is 0 Å². The van der Waals surface area contributed by atoms with Crippen molar-refractivity contribution in [1.29, 1.82) is 0 Å². The van der Waals surface area contributed by atoms with E-state index >= 15 is 0 Å². The summed E-state index contributed by atoms with van der Waals surface area (Å²) in [6.45, 7) is 15.5. The van der Waals surface area contributed by atoms with Crippen LogP contribution in [0.1, 0.15) is 6.42 Å². The topological polar surface area (TPSA) is 0 Å². The van der Waals surface area contributed by atoms with E-state index in [1.807, 2.05) is 0 Å². The molecule has 0 saturated heterocycles. The highest BCUT2D eigenvalue weighted by atomic mass is 28.3. The first-order valence-electron chi connectivity index (χ1n) is 6.39. The largest absolute Gasteiger partial charge is 0.0851 e. The number of hydrogen-bond acceptors (Lipinski definition) is 0. The Morgan fingerprint density at radius 2 is 1.07 bits per heavy atom. The van der Waals surface area contributed by atoms with Crippen molar-refractivity contribution in [2.75, 3.05) is 0 Å². The molecular formula is C13H26Si2. The quantitative estimate of drug-likeness (QED) is 0.487. The van der Waals surface area contributed by atoms with Gasteiger partial charge in [0.2, 0.25) is 0 Å². The molecule has 2 heteroatoms. The summed E-state index contributed by atoms with van der Waals surface area (Å²) in [5.41, 5.74) is 2.17. The monoisotopic (exact) mass is 238 g/mol. The van der Waals surface area contributed by atoms with E-state index in [1.165, 1.54) is 6.42 Å². The van der Waals surface area contributed by atoms with Gasteiger partial charge in [0, 0.05) is 16.1 Å². The first kappa shape index (κ1) is 11.7. The molecule has 4 atom stereocenters. The Balaban J connectivity index is 2.33. The van der Waals surface area contributed by atoms with Crippen LogP contribution in [0.25, 0.3) is 0 Å². The van der Waals surface area contributed by atoms with Crippen LogP contribution in [0.5, 0.6) is 0 Å². The fourth-order valence-corrected chi connectivity index (χ4v) is 12.9. The Bertz CT molecular complexity index is 252. The third-order valence-electron chi connectivity index (χ3n) is 4.46. The van der Waals surface area contributed by atoms with Crippen LogP contribution >= 0.6 is 0 Å². The van der Waals surface area contributed by atoms with Gasteiger partial charge >= 0.3 is 0 Å². The zero-order valence-electron chi connectivity index (χ0n) is 11.2. The first-order valence-corrected chi connectivity index (χ1v) is 13.5. The molecule has 1 saturated carbocycles. The Labute approximate surface area is 97.2 Å². The van der Waals surface area contributed by atoms with Gasteiger partial charge < -0.3 is 0 Å². The van der Waals surface area contributed by atoms with E-state index in [2.05, 4.69) is 51.4 Å². The second-order valence-corrected chi connectivity index (χ2v) is 18.5. The fraction of sp³-hybridized carbons (Fsp3) is 0.846. The molecule has 0 radical (unpaired) electrons. The molecule has 0 aliphatic heterocycles. The maximum atomic E-state index is 2.58. The predicted molar refractivity (Wildman–Crippen MR) is 74.9 cm³/mol. The number of rotatable bonds is 2. The van der Waals surface area contributed by atoms with Crippen molar-refractivity contribution in [3.05, 3.63) is 12.2 Å². The van der Waals surface area contributed by atoms with Gasteiger partial charge in [-0.15, -0.1) is 0 Å². The molecule has 2 rings (SSSR count). The van der Waals surface area contributed by atoms with Gasteiger partial charge in [0.15, 0.2) is 0 Å². The van der Waals surface area contributed by atoms with Gasteiger partial charge in [0.1, 0.15) is 0 Å². The van der Waals surface area contributed by atoms with Crippen molar-refractivity contribution >= 4 is 16.1 Å². The Hall–Kier alpha value is 0.174. The molecule has 2 aliphatic carbocycles. The average Bonchev–Trinajstić information content (AvgIpc) is 2.56. The lowest BCUT2D eigenvalue weighted by Gasteiger charge is -2.43.